The molecule has 1 aromatic heterocycles. The Morgan fingerprint density at radius 1 is 1.31 bits per heavy atom. The number of carbonyl (C=O) groups excluding carboxylic acids is 1. The van der Waals surface area contributed by atoms with Crippen LogP contribution in [0.3, 0.4) is 0 Å². The summed E-state index contributed by atoms with van der Waals surface area (Å²) in [4.78, 5) is 16.3. The van der Waals surface area contributed by atoms with Gasteiger partial charge < -0.3 is 10.1 Å². The van der Waals surface area contributed by atoms with Gasteiger partial charge in [-0.2, -0.15) is 5.26 Å². The van der Waals surface area contributed by atoms with E-state index in [0.717, 1.165) is 24.0 Å². The molecule has 1 amide bonds. The van der Waals surface area contributed by atoms with Crippen molar-refractivity contribution < 1.29 is 9.53 Å². The zero-order chi connectivity index (χ0) is 18.2. The summed E-state index contributed by atoms with van der Waals surface area (Å²) >= 11 is 0. The predicted octanol–water partition coefficient (Wildman–Crippen LogP) is 3.60. The number of ether oxygens (including phenoxy) is 1. The van der Waals surface area contributed by atoms with Crippen LogP contribution in [-0.2, 0) is 11.3 Å². The summed E-state index contributed by atoms with van der Waals surface area (Å²) in [5.74, 6) is 0.398. The maximum Gasteiger partial charge on any atom is 0.244 e. The first-order valence-corrected chi connectivity index (χ1v) is 8.81. The zero-order valence-electron chi connectivity index (χ0n) is 14.5. The Bertz CT molecular complexity index is 833. The van der Waals surface area contributed by atoms with Gasteiger partial charge in [-0.15, -0.1) is 0 Å². The van der Waals surface area contributed by atoms with Gasteiger partial charge in [0.2, 0.25) is 11.8 Å². The van der Waals surface area contributed by atoms with Gasteiger partial charge in [0, 0.05) is 24.9 Å². The molecule has 0 radical (unpaired) electrons. The summed E-state index contributed by atoms with van der Waals surface area (Å²) in [6, 6.07) is 13.0. The van der Waals surface area contributed by atoms with Crippen LogP contribution in [0, 0.1) is 11.3 Å². The Kier molecular flexibility index (Phi) is 6.00. The highest BCUT2D eigenvalue weighted by atomic mass is 16.5. The molecule has 1 heterocycles. The molecule has 5 nitrogen and oxygen atoms in total. The lowest BCUT2D eigenvalue weighted by molar-refractivity contribution is -0.116. The van der Waals surface area contributed by atoms with Crippen molar-refractivity contribution in [1.29, 1.82) is 5.26 Å². The minimum absolute atomic E-state index is 0.215. The molecule has 2 aromatic rings. The number of benzene rings is 1. The van der Waals surface area contributed by atoms with Crippen molar-refractivity contribution in [2.75, 3.05) is 0 Å². The summed E-state index contributed by atoms with van der Waals surface area (Å²) < 4.78 is 5.89. The molecule has 1 N–H and O–H groups in total. The average Bonchev–Trinajstić information content (AvgIpc) is 3.18. The van der Waals surface area contributed by atoms with E-state index in [0.29, 0.717) is 18.0 Å². The van der Waals surface area contributed by atoms with Gasteiger partial charge in [0.05, 0.1) is 11.6 Å². The number of amides is 1. The quantitative estimate of drug-likeness (QED) is 0.810. The third kappa shape index (κ3) is 4.93. The van der Waals surface area contributed by atoms with E-state index in [4.69, 9.17) is 10.00 Å². The van der Waals surface area contributed by atoms with E-state index in [2.05, 4.69) is 16.4 Å². The minimum atomic E-state index is -0.215. The molecule has 0 atom stereocenters. The average molecular weight is 347 g/mol. The number of rotatable bonds is 6. The van der Waals surface area contributed by atoms with Crippen molar-refractivity contribution >= 4 is 12.0 Å². The monoisotopic (exact) mass is 347 g/mol. The van der Waals surface area contributed by atoms with Gasteiger partial charge in [0.15, 0.2) is 0 Å². The lowest BCUT2D eigenvalue weighted by Gasteiger charge is -2.12. The van der Waals surface area contributed by atoms with Gasteiger partial charge in [-0.3, -0.25) is 4.79 Å². The molecule has 0 aliphatic heterocycles. The standard InChI is InChI=1S/C21H21N3O2/c22-14-18-6-2-1-5-17(18)9-10-20(25)24-15-16-11-12-23-21(13-16)26-19-7-3-4-8-19/h1-2,5-6,9-13,19H,3-4,7-8,15H2,(H,24,25). The van der Waals surface area contributed by atoms with E-state index in [1.165, 1.54) is 18.9 Å². The number of nitrogens with zero attached hydrogens (tertiary/aromatic N) is 2. The van der Waals surface area contributed by atoms with Crippen molar-refractivity contribution in [3.63, 3.8) is 0 Å². The van der Waals surface area contributed by atoms with Crippen molar-refractivity contribution in [3.05, 3.63) is 65.4 Å². The first kappa shape index (κ1) is 17.7. The normalized spacial score (nSPS) is 14.3. The summed E-state index contributed by atoms with van der Waals surface area (Å²) in [7, 11) is 0. The number of carbonyl (C=O) groups is 1. The first-order valence-electron chi connectivity index (χ1n) is 8.81. The highest BCUT2D eigenvalue weighted by molar-refractivity contribution is 5.92. The van der Waals surface area contributed by atoms with Crippen LogP contribution >= 0.6 is 0 Å². The van der Waals surface area contributed by atoms with E-state index in [-0.39, 0.29) is 12.0 Å². The summed E-state index contributed by atoms with van der Waals surface area (Å²) in [6.07, 6.45) is 9.63. The summed E-state index contributed by atoms with van der Waals surface area (Å²) in [5.41, 5.74) is 2.20. The molecular weight excluding hydrogens is 326 g/mol. The third-order valence-electron chi connectivity index (χ3n) is 4.35. The Balaban J connectivity index is 1.54. The first-order chi connectivity index (χ1) is 12.7. The second-order valence-corrected chi connectivity index (χ2v) is 6.28. The van der Waals surface area contributed by atoms with Crippen LogP contribution in [0.4, 0.5) is 0 Å². The number of hydrogen-bond donors (Lipinski definition) is 1. The molecule has 0 spiro atoms. The second kappa shape index (κ2) is 8.82. The van der Waals surface area contributed by atoms with Gasteiger partial charge in [-0.1, -0.05) is 18.2 Å². The van der Waals surface area contributed by atoms with E-state index >= 15 is 0 Å². The zero-order valence-corrected chi connectivity index (χ0v) is 14.5. The Labute approximate surface area is 153 Å². The van der Waals surface area contributed by atoms with E-state index in [1.54, 1.807) is 30.5 Å². The smallest absolute Gasteiger partial charge is 0.244 e. The highest BCUT2D eigenvalue weighted by Gasteiger charge is 2.17. The molecule has 0 bridgehead atoms. The van der Waals surface area contributed by atoms with Crippen LogP contribution in [0.2, 0.25) is 0 Å². The SMILES string of the molecule is N#Cc1ccccc1C=CC(=O)NCc1ccnc(OC2CCCC2)c1. The fourth-order valence-electron chi connectivity index (χ4n) is 2.96. The number of pyridine rings is 1. The fraction of sp³-hybridized carbons (Fsp3) is 0.286. The largest absolute Gasteiger partial charge is 0.474 e. The Hall–Kier alpha value is -3.13. The predicted molar refractivity (Wildman–Crippen MR) is 99.2 cm³/mol. The molecule has 5 heteroatoms. The van der Waals surface area contributed by atoms with Crippen LogP contribution in [0.1, 0.15) is 42.4 Å². The molecule has 1 saturated carbocycles. The number of nitriles is 1. The molecule has 0 saturated heterocycles. The van der Waals surface area contributed by atoms with Crippen LogP contribution < -0.4 is 10.1 Å². The number of hydrogen-bond acceptors (Lipinski definition) is 4. The molecule has 3 rings (SSSR count). The fourth-order valence-corrected chi connectivity index (χ4v) is 2.96. The molecular formula is C21H21N3O2. The van der Waals surface area contributed by atoms with Crippen molar-refractivity contribution in [1.82, 2.24) is 10.3 Å². The Morgan fingerprint density at radius 3 is 2.92 bits per heavy atom. The maximum absolute atomic E-state index is 12.0. The number of nitrogens with one attached hydrogen (secondary N) is 1. The van der Waals surface area contributed by atoms with Crippen LogP contribution in [0.5, 0.6) is 5.88 Å². The van der Waals surface area contributed by atoms with Gasteiger partial charge in [-0.05, 0) is 55.0 Å². The van der Waals surface area contributed by atoms with Crippen LogP contribution in [0.15, 0.2) is 48.7 Å². The topological polar surface area (TPSA) is 75.0 Å². The molecule has 132 valence electrons. The van der Waals surface area contributed by atoms with Gasteiger partial charge in [0.25, 0.3) is 0 Å². The summed E-state index contributed by atoms with van der Waals surface area (Å²) in [6.45, 7) is 0.395. The second-order valence-electron chi connectivity index (χ2n) is 6.28. The highest BCUT2D eigenvalue weighted by Crippen LogP contribution is 2.23. The third-order valence-corrected chi connectivity index (χ3v) is 4.35. The molecule has 26 heavy (non-hydrogen) atoms. The van der Waals surface area contributed by atoms with Gasteiger partial charge in [-0.25, -0.2) is 4.98 Å². The molecule has 1 aliphatic rings. The Morgan fingerprint density at radius 2 is 2.12 bits per heavy atom. The van der Waals surface area contributed by atoms with Crippen molar-refractivity contribution in [3.8, 4) is 11.9 Å². The van der Waals surface area contributed by atoms with Gasteiger partial charge in [0.1, 0.15) is 6.10 Å². The van der Waals surface area contributed by atoms with E-state index < -0.39 is 0 Å². The van der Waals surface area contributed by atoms with Crippen molar-refractivity contribution in [2.45, 2.75) is 38.3 Å². The van der Waals surface area contributed by atoms with Crippen LogP contribution in [-0.4, -0.2) is 17.0 Å². The summed E-state index contributed by atoms with van der Waals surface area (Å²) in [5, 5.41) is 11.9. The minimum Gasteiger partial charge on any atom is -0.474 e. The van der Waals surface area contributed by atoms with Crippen LogP contribution in [0.25, 0.3) is 6.08 Å². The van der Waals surface area contributed by atoms with Gasteiger partial charge >= 0.3 is 0 Å². The maximum atomic E-state index is 12.0. The molecule has 1 aromatic carbocycles. The lowest BCUT2D eigenvalue weighted by Crippen LogP contribution is -2.20. The molecule has 1 fully saturated rings. The van der Waals surface area contributed by atoms with E-state index in [1.807, 2.05) is 18.2 Å². The molecule has 0 unspecified atom stereocenters. The van der Waals surface area contributed by atoms with E-state index in [9.17, 15) is 4.79 Å². The lowest BCUT2D eigenvalue weighted by atomic mass is 10.1. The van der Waals surface area contributed by atoms with Crippen molar-refractivity contribution in [2.24, 2.45) is 0 Å². The molecule has 1 aliphatic carbocycles. The number of aromatic nitrogens is 1.